The van der Waals surface area contributed by atoms with E-state index in [9.17, 15) is 9.59 Å². The summed E-state index contributed by atoms with van der Waals surface area (Å²) in [4.78, 5) is 28.1. The van der Waals surface area contributed by atoms with Gasteiger partial charge in [-0.05, 0) is 12.0 Å². The Hall–Kier alpha value is -2.21. The average molecular weight is 345 g/mol. The third kappa shape index (κ3) is 6.50. The van der Waals surface area contributed by atoms with Crippen molar-refractivity contribution in [1.82, 2.24) is 10.3 Å². The van der Waals surface area contributed by atoms with E-state index in [1.165, 1.54) is 11.3 Å². The molecule has 0 aliphatic heterocycles. The lowest BCUT2D eigenvalue weighted by atomic mass is 10.1. The number of thiazole rings is 1. The van der Waals surface area contributed by atoms with Crippen LogP contribution in [-0.4, -0.2) is 23.3 Å². The predicted octanol–water partition coefficient (Wildman–Crippen LogP) is 3.17. The Morgan fingerprint density at radius 1 is 1.08 bits per heavy atom. The van der Waals surface area contributed by atoms with E-state index in [4.69, 9.17) is 0 Å². The van der Waals surface area contributed by atoms with Crippen LogP contribution in [0.4, 0.5) is 5.13 Å². The lowest BCUT2D eigenvalue weighted by molar-refractivity contribution is -0.120. The van der Waals surface area contributed by atoms with Crippen LogP contribution in [-0.2, 0) is 22.4 Å². The molecule has 0 spiro atoms. The number of hydrogen-bond donors (Lipinski definition) is 2. The molecule has 128 valence electrons. The summed E-state index contributed by atoms with van der Waals surface area (Å²) < 4.78 is 0. The number of amides is 2. The molecule has 0 radical (unpaired) electrons. The van der Waals surface area contributed by atoms with Gasteiger partial charge in [-0.3, -0.25) is 9.59 Å². The molecule has 1 heterocycles. The number of carbonyl (C=O) groups is 2. The maximum absolute atomic E-state index is 12.0. The van der Waals surface area contributed by atoms with Crippen LogP contribution in [0.3, 0.4) is 0 Å². The Balaban J connectivity index is 1.76. The second kappa shape index (κ2) is 9.82. The van der Waals surface area contributed by atoms with E-state index >= 15 is 0 Å². The van der Waals surface area contributed by atoms with Gasteiger partial charge in [0, 0.05) is 11.9 Å². The molecular weight excluding hydrogens is 322 g/mol. The number of nitrogens with zero attached hydrogens (tertiary/aromatic N) is 1. The molecule has 0 bridgehead atoms. The lowest BCUT2D eigenvalue weighted by Crippen LogP contribution is -2.26. The van der Waals surface area contributed by atoms with Crippen molar-refractivity contribution >= 4 is 28.3 Å². The summed E-state index contributed by atoms with van der Waals surface area (Å²) in [6, 6.07) is 9.56. The molecule has 6 heteroatoms. The molecule has 0 saturated carbocycles. The summed E-state index contributed by atoms with van der Waals surface area (Å²) in [5.41, 5.74) is 1.64. The van der Waals surface area contributed by atoms with Crippen LogP contribution in [0.5, 0.6) is 0 Å². The highest BCUT2D eigenvalue weighted by atomic mass is 32.1. The normalized spacial score (nSPS) is 10.4. The van der Waals surface area contributed by atoms with Crippen LogP contribution in [0.25, 0.3) is 0 Å². The summed E-state index contributed by atoms with van der Waals surface area (Å²) >= 11 is 1.34. The minimum atomic E-state index is -0.105. The van der Waals surface area contributed by atoms with Gasteiger partial charge < -0.3 is 10.6 Å². The molecule has 1 aromatic heterocycles. The molecule has 2 aromatic rings. The standard InChI is InChI=1S/C18H23N3O2S/c1-2-3-7-10-19-16(22)12-15-13-24-18(20-15)21-17(23)11-14-8-5-4-6-9-14/h4-6,8-9,13H,2-3,7,10-12H2,1H3,(H,19,22)(H,20,21,23). The number of rotatable bonds is 9. The zero-order chi connectivity index (χ0) is 17.2. The molecule has 0 atom stereocenters. The summed E-state index contributed by atoms with van der Waals surface area (Å²) in [6.45, 7) is 2.84. The van der Waals surface area contributed by atoms with Gasteiger partial charge in [-0.15, -0.1) is 11.3 Å². The van der Waals surface area contributed by atoms with Crippen LogP contribution in [0.2, 0.25) is 0 Å². The highest BCUT2D eigenvalue weighted by Gasteiger charge is 2.10. The maximum atomic E-state index is 12.0. The first-order valence-corrected chi connectivity index (χ1v) is 9.10. The Bertz CT molecular complexity index is 655. The molecule has 0 fully saturated rings. The molecule has 0 aliphatic rings. The van der Waals surface area contributed by atoms with Crippen molar-refractivity contribution in [1.29, 1.82) is 0 Å². The quantitative estimate of drug-likeness (QED) is 0.686. The first-order chi connectivity index (χ1) is 11.7. The third-order valence-corrected chi connectivity index (χ3v) is 4.26. The van der Waals surface area contributed by atoms with E-state index in [-0.39, 0.29) is 18.2 Å². The number of aromatic nitrogens is 1. The molecule has 2 amide bonds. The third-order valence-electron chi connectivity index (χ3n) is 3.45. The van der Waals surface area contributed by atoms with E-state index in [2.05, 4.69) is 22.5 Å². The Labute approximate surface area is 146 Å². The van der Waals surface area contributed by atoms with Gasteiger partial charge in [0.15, 0.2) is 5.13 Å². The number of carbonyl (C=O) groups excluding carboxylic acids is 2. The Morgan fingerprint density at radius 3 is 2.62 bits per heavy atom. The fourth-order valence-corrected chi connectivity index (χ4v) is 2.95. The average Bonchev–Trinajstić information content (AvgIpc) is 2.99. The van der Waals surface area contributed by atoms with Gasteiger partial charge >= 0.3 is 0 Å². The Morgan fingerprint density at radius 2 is 1.88 bits per heavy atom. The minimum Gasteiger partial charge on any atom is -0.356 e. The van der Waals surface area contributed by atoms with Gasteiger partial charge in [0.05, 0.1) is 18.5 Å². The van der Waals surface area contributed by atoms with Gasteiger partial charge in [0.2, 0.25) is 11.8 Å². The highest BCUT2D eigenvalue weighted by molar-refractivity contribution is 7.13. The summed E-state index contributed by atoms with van der Waals surface area (Å²) in [7, 11) is 0. The van der Waals surface area contributed by atoms with E-state index in [1.807, 2.05) is 35.7 Å². The van der Waals surface area contributed by atoms with Gasteiger partial charge in [-0.25, -0.2) is 4.98 Å². The van der Waals surface area contributed by atoms with E-state index in [0.29, 0.717) is 23.8 Å². The van der Waals surface area contributed by atoms with Crippen molar-refractivity contribution in [3.8, 4) is 0 Å². The fraction of sp³-hybridized carbons (Fsp3) is 0.389. The summed E-state index contributed by atoms with van der Waals surface area (Å²) in [6.07, 6.45) is 3.81. The summed E-state index contributed by atoms with van der Waals surface area (Å²) in [5, 5.41) is 8.01. The van der Waals surface area contributed by atoms with Crippen LogP contribution in [0.1, 0.15) is 37.4 Å². The molecule has 2 N–H and O–H groups in total. The summed E-state index contributed by atoms with van der Waals surface area (Å²) in [5.74, 6) is -0.135. The van der Waals surface area contributed by atoms with E-state index < -0.39 is 0 Å². The zero-order valence-corrected chi connectivity index (χ0v) is 14.7. The Kier molecular flexibility index (Phi) is 7.42. The van der Waals surface area contributed by atoms with Gasteiger partial charge in [-0.1, -0.05) is 50.1 Å². The monoisotopic (exact) mass is 345 g/mol. The van der Waals surface area contributed by atoms with Crippen molar-refractivity contribution in [3.63, 3.8) is 0 Å². The van der Waals surface area contributed by atoms with Gasteiger partial charge in [0.1, 0.15) is 0 Å². The highest BCUT2D eigenvalue weighted by Crippen LogP contribution is 2.16. The first-order valence-electron chi connectivity index (χ1n) is 8.22. The number of unbranched alkanes of at least 4 members (excludes halogenated alkanes) is 2. The fourth-order valence-electron chi connectivity index (χ4n) is 2.22. The molecular formula is C18H23N3O2S. The predicted molar refractivity (Wildman–Crippen MR) is 97.1 cm³/mol. The maximum Gasteiger partial charge on any atom is 0.230 e. The van der Waals surface area contributed by atoms with Crippen molar-refractivity contribution in [3.05, 3.63) is 47.0 Å². The minimum absolute atomic E-state index is 0.0291. The first kappa shape index (κ1) is 18.1. The smallest absolute Gasteiger partial charge is 0.230 e. The zero-order valence-electron chi connectivity index (χ0n) is 13.9. The lowest BCUT2D eigenvalue weighted by Gasteiger charge is -2.03. The number of hydrogen-bond acceptors (Lipinski definition) is 4. The molecule has 24 heavy (non-hydrogen) atoms. The number of nitrogens with one attached hydrogen (secondary N) is 2. The largest absolute Gasteiger partial charge is 0.356 e. The molecule has 2 rings (SSSR count). The van der Waals surface area contributed by atoms with Crippen LogP contribution in [0, 0.1) is 0 Å². The molecule has 0 saturated heterocycles. The molecule has 5 nitrogen and oxygen atoms in total. The van der Waals surface area contributed by atoms with Crippen molar-refractivity contribution in [2.45, 2.75) is 39.0 Å². The van der Waals surface area contributed by atoms with Crippen molar-refractivity contribution in [2.24, 2.45) is 0 Å². The van der Waals surface area contributed by atoms with Gasteiger partial charge in [-0.2, -0.15) is 0 Å². The topological polar surface area (TPSA) is 71.1 Å². The van der Waals surface area contributed by atoms with E-state index in [0.717, 1.165) is 24.8 Å². The molecule has 0 unspecified atom stereocenters. The number of anilines is 1. The van der Waals surface area contributed by atoms with Gasteiger partial charge in [0.25, 0.3) is 0 Å². The van der Waals surface area contributed by atoms with Crippen molar-refractivity contribution in [2.75, 3.05) is 11.9 Å². The SMILES string of the molecule is CCCCCNC(=O)Cc1csc(NC(=O)Cc2ccccc2)n1. The van der Waals surface area contributed by atoms with E-state index in [1.54, 1.807) is 0 Å². The second-order valence-corrected chi connectivity index (χ2v) is 6.45. The van der Waals surface area contributed by atoms with Crippen molar-refractivity contribution < 1.29 is 9.59 Å². The van der Waals surface area contributed by atoms with Crippen LogP contribution < -0.4 is 10.6 Å². The molecule has 1 aromatic carbocycles. The second-order valence-electron chi connectivity index (χ2n) is 5.59. The molecule has 0 aliphatic carbocycles. The van der Waals surface area contributed by atoms with Crippen LogP contribution in [0.15, 0.2) is 35.7 Å². The van der Waals surface area contributed by atoms with Crippen LogP contribution >= 0.6 is 11.3 Å². The number of benzene rings is 1.